The minimum atomic E-state index is -0.654. The molecule has 0 saturated carbocycles. The molecule has 0 aliphatic rings. The molecular formula is C20H19FN4O4. The second-order valence-electron chi connectivity index (χ2n) is 5.92. The van der Waals surface area contributed by atoms with Gasteiger partial charge in [-0.2, -0.15) is 0 Å². The number of nitrogens with one attached hydrogen (secondary N) is 1. The number of hydrogen-bond acceptors (Lipinski definition) is 6. The maximum atomic E-state index is 14.0. The summed E-state index contributed by atoms with van der Waals surface area (Å²) >= 11 is 0. The first-order valence-corrected chi connectivity index (χ1v) is 8.39. The lowest BCUT2D eigenvalue weighted by Crippen LogP contribution is -2.12. The number of carbonyl (C=O) groups is 2. The van der Waals surface area contributed by atoms with E-state index in [4.69, 9.17) is 15.6 Å². The van der Waals surface area contributed by atoms with Crippen LogP contribution in [0, 0.1) is 5.82 Å². The first kappa shape index (κ1) is 21.5. The minimum absolute atomic E-state index is 0.112. The van der Waals surface area contributed by atoms with E-state index in [0.717, 1.165) is 6.07 Å². The van der Waals surface area contributed by atoms with E-state index >= 15 is 0 Å². The first-order chi connectivity index (χ1) is 13.8. The maximum Gasteiger partial charge on any atom is 0.290 e. The summed E-state index contributed by atoms with van der Waals surface area (Å²) in [5.41, 5.74) is 7.79. The number of amides is 1. The van der Waals surface area contributed by atoms with E-state index in [2.05, 4.69) is 15.3 Å². The highest BCUT2D eigenvalue weighted by Crippen LogP contribution is 2.23. The number of benzene rings is 2. The summed E-state index contributed by atoms with van der Waals surface area (Å²) in [5.74, 6) is -0.909. The summed E-state index contributed by atoms with van der Waals surface area (Å²) in [7, 11) is 0. The summed E-state index contributed by atoms with van der Waals surface area (Å²) in [6.07, 6.45) is 2.27. The number of aliphatic hydroxyl groups excluding tert-OH is 1. The highest BCUT2D eigenvalue weighted by Gasteiger charge is 2.12. The van der Waals surface area contributed by atoms with Gasteiger partial charge in [0.1, 0.15) is 5.82 Å². The number of carboxylic acid groups (broad SMARTS) is 1. The number of aliphatic hydroxyl groups is 1. The zero-order chi connectivity index (χ0) is 21.4. The van der Waals surface area contributed by atoms with Gasteiger partial charge in [0, 0.05) is 29.2 Å². The minimum Gasteiger partial charge on any atom is -0.483 e. The number of anilines is 2. The van der Waals surface area contributed by atoms with Crippen molar-refractivity contribution in [3.63, 3.8) is 0 Å². The molecular weight excluding hydrogens is 379 g/mol. The quantitative estimate of drug-likeness (QED) is 0.496. The average Bonchev–Trinajstić information content (AvgIpc) is 2.69. The van der Waals surface area contributed by atoms with Crippen molar-refractivity contribution in [3.05, 3.63) is 71.8 Å². The van der Waals surface area contributed by atoms with Crippen molar-refractivity contribution in [2.45, 2.75) is 13.0 Å². The molecule has 0 bridgehead atoms. The SMILES string of the molecule is CC(O)c1cccc(NC(=O)c2cc(F)cc(-c3cnc(N)nc3)c2)c1.O=CO. The lowest BCUT2D eigenvalue weighted by Gasteiger charge is -2.10. The predicted octanol–water partition coefficient (Wildman–Crippen LogP) is 2.87. The first-order valence-electron chi connectivity index (χ1n) is 8.39. The third-order valence-corrected chi connectivity index (χ3v) is 3.79. The topological polar surface area (TPSA) is 138 Å². The summed E-state index contributed by atoms with van der Waals surface area (Å²) in [5, 5.41) is 19.2. The van der Waals surface area contributed by atoms with E-state index in [1.54, 1.807) is 37.3 Å². The van der Waals surface area contributed by atoms with Crippen LogP contribution in [0.3, 0.4) is 0 Å². The molecule has 9 heteroatoms. The van der Waals surface area contributed by atoms with Crippen molar-refractivity contribution in [2.24, 2.45) is 0 Å². The van der Waals surface area contributed by atoms with Crippen LogP contribution in [0.15, 0.2) is 54.9 Å². The van der Waals surface area contributed by atoms with Crippen molar-refractivity contribution in [3.8, 4) is 11.1 Å². The molecule has 0 aliphatic heterocycles. The Hall–Kier alpha value is -3.85. The Morgan fingerprint density at radius 3 is 2.45 bits per heavy atom. The summed E-state index contributed by atoms with van der Waals surface area (Å²) in [6.45, 7) is 1.38. The van der Waals surface area contributed by atoms with Gasteiger partial charge in [-0.25, -0.2) is 14.4 Å². The molecule has 3 rings (SSSR count). The highest BCUT2D eigenvalue weighted by atomic mass is 19.1. The smallest absolute Gasteiger partial charge is 0.290 e. The van der Waals surface area contributed by atoms with E-state index in [9.17, 15) is 14.3 Å². The van der Waals surface area contributed by atoms with Crippen LogP contribution in [0.5, 0.6) is 0 Å². The van der Waals surface area contributed by atoms with E-state index in [-0.39, 0.29) is 18.0 Å². The summed E-state index contributed by atoms with van der Waals surface area (Å²) in [6, 6.07) is 10.8. The number of nitrogens with zero attached hydrogens (tertiary/aromatic N) is 2. The van der Waals surface area contributed by atoms with Crippen molar-refractivity contribution in [2.75, 3.05) is 11.1 Å². The van der Waals surface area contributed by atoms with E-state index < -0.39 is 17.8 Å². The standard InChI is InChI=1S/C19H17FN4O2.CH2O2/c1-11(25)12-3-2-4-17(8-12)24-18(26)14-5-13(6-16(20)7-14)15-9-22-19(21)23-10-15;2-1-3/h2-11,25H,1H3,(H,24,26)(H2,21,22,23);1H,(H,2,3). The zero-order valence-corrected chi connectivity index (χ0v) is 15.4. The number of carbonyl (C=O) groups excluding carboxylic acids is 1. The third-order valence-electron chi connectivity index (χ3n) is 3.79. The molecule has 2 aromatic carbocycles. The molecule has 0 radical (unpaired) electrons. The number of hydrogen-bond donors (Lipinski definition) is 4. The van der Waals surface area contributed by atoms with Crippen LogP contribution in [-0.4, -0.2) is 32.6 Å². The van der Waals surface area contributed by atoms with Crippen LogP contribution in [0.25, 0.3) is 11.1 Å². The van der Waals surface area contributed by atoms with Crippen LogP contribution in [-0.2, 0) is 4.79 Å². The molecule has 0 saturated heterocycles. The Bertz CT molecular complexity index is 994. The molecule has 5 N–H and O–H groups in total. The fraction of sp³-hybridized carbons (Fsp3) is 0.100. The van der Waals surface area contributed by atoms with Gasteiger partial charge in [-0.05, 0) is 48.4 Å². The predicted molar refractivity (Wildman–Crippen MR) is 106 cm³/mol. The molecule has 0 fully saturated rings. The Morgan fingerprint density at radius 2 is 1.83 bits per heavy atom. The highest BCUT2D eigenvalue weighted by molar-refractivity contribution is 6.05. The fourth-order valence-corrected chi connectivity index (χ4v) is 2.45. The van der Waals surface area contributed by atoms with Gasteiger partial charge in [-0.1, -0.05) is 12.1 Å². The maximum absolute atomic E-state index is 14.0. The summed E-state index contributed by atoms with van der Waals surface area (Å²) in [4.78, 5) is 28.6. The van der Waals surface area contributed by atoms with E-state index in [0.29, 0.717) is 22.4 Å². The molecule has 8 nitrogen and oxygen atoms in total. The molecule has 29 heavy (non-hydrogen) atoms. The van der Waals surface area contributed by atoms with Crippen molar-refractivity contribution in [1.29, 1.82) is 0 Å². The number of nitrogens with two attached hydrogens (primary N) is 1. The summed E-state index contributed by atoms with van der Waals surface area (Å²) < 4.78 is 14.0. The monoisotopic (exact) mass is 398 g/mol. The average molecular weight is 398 g/mol. The van der Waals surface area contributed by atoms with Gasteiger partial charge in [-0.15, -0.1) is 0 Å². The second kappa shape index (κ2) is 9.90. The van der Waals surface area contributed by atoms with Crippen LogP contribution in [0.2, 0.25) is 0 Å². The Kier molecular flexibility index (Phi) is 7.33. The van der Waals surface area contributed by atoms with Crippen molar-refractivity contribution >= 4 is 24.0 Å². The van der Waals surface area contributed by atoms with Gasteiger partial charge in [0.15, 0.2) is 0 Å². The third kappa shape index (κ3) is 6.08. The van der Waals surface area contributed by atoms with E-state index in [1.165, 1.54) is 18.5 Å². The Morgan fingerprint density at radius 1 is 1.17 bits per heavy atom. The Balaban J connectivity index is 0.000000941. The molecule has 1 unspecified atom stereocenters. The van der Waals surface area contributed by atoms with Gasteiger partial charge >= 0.3 is 0 Å². The number of halogens is 1. The van der Waals surface area contributed by atoms with Gasteiger partial charge < -0.3 is 21.3 Å². The molecule has 0 aliphatic carbocycles. The molecule has 1 amide bonds. The lowest BCUT2D eigenvalue weighted by atomic mass is 10.0. The molecule has 1 atom stereocenters. The molecule has 0 spiro atoms. The zero-order valence-electron chi connectivity index (χ0n) is 15.4. The van der Waals surface area contributed by atoms with Crippen LogP contribution >= 0.6 is 0 Å². The lowest BCUT2D eigenvalue weighted by molar-refractivity contribution is -0.122. The van der Waals surface area contributed by atoms with Crippen molar-refractivity contribution < 1.29 is 24.2 Å². The van der Waals surface area contributed by atoms with Gasteiger partial charge in [0.2, 0.25) is 5.95 Å². The van der Waals surface area contributed by atoms with Gasteiger partial charge in [0.25, 0.3) is 12.4 Å². The number of rotatable bonds is 4. The largest absolute Gasteiger partial charge is 0.483 e. The number of nitrogen functional groups attached to an aromatic ring is 1. The van der Waals surface area contributed by atoms with Gasteiger partial charge in [-0.3, -0.25) is 9.59 Å². The normalized spacial score (nSPS) is 11.0. The van der Waals surface area contributed by atoms with Crippen LogP contribution in [0.1, 0.15) is 28.9 Å². The fourth-order valence-electron chi connectivity index (χ4n) is 2.45. The van der Waals surface area contributed by atoms with Crippen LogP contribution < -0.4 is 11.1 Å². The molecule has 1 aromatic heterocycles. The second-order valence-corrected chi connectivity index (χ2v) is 5.92. The number of aromatic nitrogens is 2. The van der Waals surface area contributed by atoms with Crippen molar-refractivity contribution in [1.82, 2.24) is 9.97 Å². The van der Waals surface area contributed by atoms with Gasteiger partial charge in [0.05, 0.1) is 6.10 Å². The van der Waals surface area contributed by atoms with E-state index in [1.807, 2.05) is 0 Å². The molecule has 150 valence electrons. The van der Waals surface area contributed by atoms with Crippen LogP contribution in [0.4, 0.5) is 16.0 Å². The molecule has 3 aromatic rings. The molecule has 1 heterocycles. The Labute approximate surface area is 165 Å².